The zero-order chi connectivity index (χ0) is 14.8. The Kier molecular flexibility index (Phi) is 3.36. The fourth-order valence-electron chi connectivity index (χ4n) is 2.30. The molecule has 1 aromatic heterocycles. The lowest BCUT2D eigenvalue weighted by Crippen LogP contribution is -2.14. The number of aromatic nitrogens is 1. The maximum absolute atomic E-state index is 12.3. The molecular weight excluding hydrogens is 262 g/mol. The highest BCUT2D eigenvalue weighted by atomic mass is 16.2. The summed E-state index contributed by atoms with van der Waals surface area (Å²) in [5, 5.41) is 3.84. The SMILES string of the molecule is CC=C1C=NC(C(=O)Nc2ccc3ccccc3n2)=C1C. The van der Waals surface area contributed by atoms with Crippen LogP contribution in [-0.4, -0.2) is 17.1 Å². The van der Waals surface area contributed by atoms with E-state index < -0.39 is 0 Å². The Bertz CT molecular complexity index is 816. The van der Waals surface area contributed by atoms with Crippen LogP contribution in [0.4, 0.5) is 5.82 Å². The smallest absolute Gasteiger partial charge is 0.275 e. The van der Waals surface area contributed by atoms with Gasteiger partial charge in [-0.2, -0.15) is 0 Å². The van der Waals surface area contributed by atoms with E-state index in [2.05, 4.69) is 15.3 Å². The van der Waals surface area contributed by atoms with Crippen molar-refractivity contribution in [3.05, 3.63) is 59.3 Å². The molecule has 1 amide bonds. The van der Waals surface area contributed by atoms with Crippen molar-refractivity contribution in [2.24, 2.45) is 4.99 Å². The van der Waals surface area contributed by atoms with E-state index in [1.54, 1.807) is 12.3 Å². The minimum Gasteiger partial charge on any atom is -0.305 e. The molecule has 0 radical (unpaired) electrons. The molecule has 0 fully saturated rings. The number of carbonyl (C=O) groups excluding carboxylic acids is 1. The number of allylic oxidation sites excluding steroid dienone is 3. The number of aliphatic imine (C=N–C) groups is 1. The van der Waals surface area contributed by atoms with Crippen molar-refractivity contribution in [1.82, 2.24) is 4.98 Å². The zero-order valence-electron chi connectivity index (χ0n) is 11.9. The highest BCUT2D eigenvalue weighted by molar-refractivity contribution is 6.09. The number of benzene rings is 1. The number of para-hydroxylation sites is 1. The van der Waals surface area contributed by atoms with Crippen LogP contribution in [0, 0.1) is 0 Å². The number of nitrogens with zero attached hydrogens (tertiary/aromatic N) is 2. The van der Waals surface area contributed by atoms with Crippen LogP contribution in [0.15, 0.2) is 64.3 Å². The molecule has 1 aliphatic rings. The fourth-order valence-corrected chi connectivity index (χ4v) is 2.30. The van der Waals surface area contributed by atoms with Crippen molar-refractivity contribution < 1.29 is 4.79 Å². The zero-order valence-corrected chi connectivity index (χ0v) is 11.9. The molecule has 1 aromatic carbocycles. The van der Waals surface area contributed by atoms with E-state index in [1.165, 1.54) is 0 Å². The molecule has 4 nitrogen and oxygen atoms in total. The van der Waals surface area contributed by atoms with E-state index in [0.29, 0.717) is 11.5 Å². The second kappa shape index (κ2) is 5.32. The number of fused-ring (bicyclic) bond motifs is 1. The standard InChI is InChI=1S/C17H15N3O/c1-3-12-10-18-16(11(12)2)17(21)20-15-9-8-13-6-4-5-7-14(13)19-15/h3-10H,1-2H3,(H,19,20,21). The van der Waals surface area contributed by atoms with Gasteiger partial charge in [-0.15, -0.1) is 0 Å². The van der Waals surface area contributed by atoms with Crippen LogP contribution in [0.3, 0.4) is 0 Å². The van der Waals surface area contributed by atoms with Crippen molar-refractivity contribution in [1.29, 1.82) is 0 Å². The highest BCUT2D eigenvalue weighted by Crippen LogP contribution is 2.22. The lowest BCUT2D eigenvalue weighted by atomic mass is 10.1. The molecule has 104 valence electrons. The van der Waals surface area contributed by atoms with Gasteiger partial charge in [0.25, 0.3) is 5.91 Å². The maximum Gasteiger partial charge on any atom is 0.275 e. The predicted octanol–water partition coefficient (Wildman–Crippen LogP) is 3.48. The maximum atomic E-state index is 12.3. The second-order valence-corrected chi connectivity index (χ2v) is 4.82. The number of rotatable bonds is 2. The molecule has 1 aliphatic heterocycles. The first kappa shape index (κ1) is 13.2. The molecule has 0 saturated heterocycles. The van der Waals surface area contributed by atoms with Crippen LogP contribution in [0.1, 0.15) is 13.8 Å². The summed E-state index contributed by atoms with van der Waals surface area (Å²) in [5.74, 6) is 0.298. The Labute approximate surface area is 122 Å². The van der Waals surface area contributed by atoms with E-state index in [1.807, 2.05) is 50.3 Å². The van der Waals surface area contributed by atoms with Crippen molar-refractivity contribution in [2.45, 2.75) is 13.8 Å². The van der Waals surface area contributed by atoms with E-state index >= 15 is 0 Å². The quantitative estimate of drug-likeness (QED) is 0.913. The van der Waals surface area contributed by atoms with Crippen molar-refractivity contribution in [3.63, 3.8) is 0 Å². The number of hydrogen-bond acceptors (Lipinski definition) is 3. The van der Waals surface area contributed by atoms with Crippen LogP contribution < -0.4 is 5.32 Å². The number of anilines is 1. The number of carbonyl (C=O) groups is 1. The summed E-state index contributed by atoms with van der Waals surface area (Å²) < 4.78 is 0. The molecule has 3 rings (SSSR count). The third kappa shape index (κ3) is 2.48. The summed E-state index contributed by atoms with van der Waals surface area (Å²) in [4.78, 5) is 20.9. The molecule has 0 saturated carbocycles. The Morgan fingerprint density at radius 2 is 2.00 bits per heavy atom. The van der Waals surface area contributed by atoms with Gasteiger partial charge in [0.15, 0.2) is 0 Å². The predicted molar refractivity (Wildman–Crippen MR) is 85.3 cm³/mol. The van der Waals surface area contributed by atoms with Gasteiger partial charge >= 0.3 is 0 Å². The average molecular weight is 277 g/mol. The van der Waals surface area contributed by atoms with E-state index in [-0.39, 0.29) is 5.91 Å². The Balaban J connectivity index is 1.87. The fraction of sp³-hybridized carbons (Fsp3) is 0.118. The lowest BCUT2D eigenvalue weighted by molar-refractivity contribution is -0.112. The minimum atomic E-state index is -0.233. The Morgan fingerprint density at radius 3 is 2.76 bits per heavy atom. The van der Waals surface area contributed by atoms with Gasteiger partial charge < -0.3 is 5.32 Å². The minimum absolute atomic E-state index is 0.233. The Morgan fingerprint density at radius 1 is 1.19 bits per heavy atom. The summed E-state index contributed by atoms with van der Waals surface area (Å²) >= 11 is 0. The molecule has 4 heteroatoms. The summed E-state index contributed by atoms with van der Waals surface area (Å²) in [6.45, 7) is 3.82. The summed E-state index contributed by atoms with van der Waals surface area (Å²) in [6.07, 6.45) is 3.64. The first-order chi connectivity index (χ1) is 10.2. The molecule has 1 N–H and O–H groups in total. The van der Waals surface area contributed by atoms with Gasteiger partial charge in [0.2, 0.25) is 0 Å². The molecular formula is C17H15N3O. The van der Waals surface area contributed by atoms with Gasteiger partial charge in [-0.1, -0.05) is 24.3 Å². The third-order valence-electron chi connectivity index (χ3n) is 3.49. The van der Waals surface area contributed by atoms with Crippen LogP contribution in [0.5, 0.6) is 0 Å². The van der Waals surface area contributed by atoms with Gasteiger partial charge in [0.1, 0.15) is 11.5 Å². The van der Waals surface area contributed by atoms with Crippen LogP contribution in [0.25, 0.3) is 10.9 Å². The summed E-state index contributed by atoms with van der Waals surface area (Å²) in [7, 11) is 0. The lowest BCUT2D eigenvalue weighted by Gasteiger charge is -2.06. The normalized spacial score (nSPS) is 16.0. The molecule has 21 heavy (non-hydrogen) atoms. The van der Waals surface area contributed by atoms with E-state index in [0.717, 1.165) is 22.0 Å². The van der Waals surface area contributed by atoms with E-state index in [4.69, 9.17) is 0 Å². The molecule has 0 aliphatic carbocycles. The van der Waals surface area contributed by atoms with E-state index in [9.17, 15) is 4.79 Å². The monoisotopic (exact) mass is 277 g/mol. The molecule has 2 heterocycles. The van der Waals surface area contributed by atoms with Crippen molar-refractivity contribution in [3.8, 4) is 0 Å². The average Bonchev–Trinajstić information content (AvgIpc) is 2.88. The molecule has 0 spiro atoms. The van der Waals surface area contributed by atoms with Crippen LogP contribution >= 0.6 is 0 Å². The summed E-state index contributed by atoms with van der Waals surface area (Å²) in [6, 6.07) is 11.5. The van der Waals surface area contributed by atoms with Gasteiger partial charge in [-0.05, 0) is 43.2 Å². The largest absolute Gasteiger partial charge is 0.305 e. The van der Waals surface area contributed by atoms with Gasteiger partial charge in [0.05, 0.1) is 5.52 Å². The molecule has 0 atom stereocenters. The first-order valence-electron chi connectivity index (χ1n) is 6.78. The molecule has 2 aromatic rings. The first-order valence-corrected chi connectivity index (χ1v) is 6.78. The van der Waals surface area contributed by atoms with Gasteiger partial charge in [-0.3, -0.25) is 9.79 Å². The van der Waals surface area contributed by atoms with Crippen LogP contribution in [-0.2, 0) is 4.79 Å². The summed E-state index contributed by atoms with van der Waals surface area (Å²) in [5.41, 5.74) is 3.16. The Hall–Kier alpha value is -2.75. The third-order valence-corrected chi connectivity index (χ3v) is 3.49. The topological polar surface area (TPSA) is 54.4 Å². The molecule has 0 bridgehead atoms. The molecule has 0 unspecified atom stereocenters. The number of nitrogens with one attached hydrogen (secondary N) is 1. The number of amides is 1. The van der Waals surface area contributed by atoms with Crippen molar-refractivity contribution >= 4 is 28.8 Å². The van der Waals surface area contributed by atoms with Crippen molar-refractivity contribution in [2.75, 3.05) is 5.32 Å². The van der Waals surface area contributed by atoms with Gasteiger partial charge in [0, 0.05) is 11.6 Å². The van der Waals surface area contributed by atoms with Crippen LogP contribution in [0.2, 0.25) is 0 Å². The number of hydrogen-bond donors (Lipinski definition) is 1. The second-order valence-electron chi connectivity index (χ2n) is 4.82. The van der Waals surface area contributed by atoms with Gasteiger partial charge in [-0.25, -0.2) is 4.98 Å². The number of pyridine rings is 1. The highest BCUT2D eigenvalue weighted by Gasteiger charge is 2.18.